The lowest BCUT2D eigenvalue weighted by Gasteiger charge is -2.36. The topological polar surface area (TPSA) is 57.6 Å². The minimum Gasteiger partial charge on any atom is -0.480 e. The molecule has 1 rings (SSSR count). The van der Waals surface area contributed by atoms with Crippen molar-refractivity contribution in [1.82, 2.24) is 0 Å². The average molecular weight is 235 g/mol. The number of aliphatic carboxylic acids is 1. The summed E-state index contributed by atoms with van der Waals surface area (Å²) in [7, 11) is 1.69. The number of aldehydes is 1. The highest BCUT2D eigenvalue weighted by atomic mass is 16.4. The molecule has 0 aromatic heterocycles. The Kier molecular flexibility index (Phi) is 3.89. The third kappa shape index (κ3) is 2.30. The summed E-state index contributed by atoms with van der Waals surface area (Å²) in [6.07, 6.45) is 1.19. The lowest BCUT2D eigenvalue weighted by Crippen LogP contribution is -2.50. The van der Waals surface area contributed by atoms with E-state index in [2.05, 4.69) is 0 Å². The zero-order valence-corrected chi connectivity index (χ0v) is 10.3. The van der Waals surface area contributed by atoms with Crippen LogP contribution in [0.5, 0.6) is 0 Å². The molecular weight excluding hydrogens is 218 g/mol. The van der Waals surface area contributed by atoms with E-state index in [9.17, 15) is 14.7 Å². The molecule has 1 unspecified atom stereocenters. The fourth-order valence-corrected chi connectivity index (χ4v) is 1.69. The Morgan fingerprint density at radius 2 is 2.06 bits per heavy atom. The van der Waals surface area contributed by atoms with Crippen molar-refractivity contribution in [2.45, 2.75) is 25.8 Å². The molecular formula is C13H17NO3. The van der Waals surface area contributed by atoms with Crippen molar-refractivity contribution in [2.75, 3.05) is 11.9 Å². The summed E-state index contributed by atoms with van der Waals surface area (Å²) < 4.78 is 0. The van der Waals surface area contributed by atoms with Crippen molar-refractivity contribution >= 4 is 17.9 Å². The van der Waals surface area contributed by atoms with Crippen LogP contribution in [-0.4, -0.2) is 29.9 Å². The van der Waals surface area contributed by atoms with Crippen LogP contribution in [0.4, 0.5) is 5.69 Å². The van der Waals surface area contributed by atoms with E-state index in [4.69, 9.17) is 0 Å². The van der Waals surface area contributed by atoms with Crippen molar-refractivity contribution in [3.63, 3.8) is 0 Å². The van der Waals surface area contributed by atoms with E-state index in [0.717, 1.165) is 6.29 Å². The molecule has 0 spiro atoms. The Hall–Kier alpha value is -1.84. The predicted molar refractivity (Wildman–Crippen MR) is 66.6 cm³/mol. The fourth-order valence-electron chi connectivity index (χ4n) is 1.69. The normalized spacial score (nSPS) is 13.8. The number of rotatable bonds is 5. The zero-order chi connectivity index (χ0) is 13.1. The molecule has 1 aromatic carbocycles. The van der Waals surface area contributed by atoms with Gasteiger partial charge in [0, 0.05) is 18.3 Å². The molecule has 0 bridgehead atoms. The van der Waals surface area contributed by atoms with Crippen LogP contribution >= 0.6 is 0 Å². The van der Waals surface area contributed by atoms with Crippen LogP contribution in [0.15, 0.2) is 24.3 Å². The summed E-state index contributed by atoms with van der Waals surface area (Å²) in [5.41, 5.74) is 0.115. The Morgan fingerprint density at radius 1 is 1.47 bits per heavy atom. The van der Waals surface area contributed by atoms with Crippen LogP contribution in [-0.2, 0) is 4.79 Å². The maximum atomic E-state index is 11.3. The Labute approximate surface area is 101 Å². The molecule has 1 N–H and O–H groups in total. The summed E-state index contributed by atoms with van der Waals surface area (Å²) in [4.78, 5) is 23.9. The van der Waals surface area contributed by atoms with Gasteiger partial charge in [0.05, 0.1) is 0 Å². The highest BCUT2D eigenvalue weighted by Crippen LogP contribution is 2.27. The number of nitrogens with zero attached hydrogens (tertiary/aromatic N) is 1. The van der Waals surface area contributed by atoms with E-state index >= 15 is 0 Å². The molecule has 4 heteroatoms. The smallest absolute Gasteiger partial charge is 0.329 e. The molecule has 4 nitrogen and oxygen atoms in total. The summed E-state index contributed by atoms with van der Waals surface area (Å²) in [6.45, 7) is 3.46. The van der Waals surface area contributed by atoms with E-state index in [-0.39, 0.29) is 0 Å². The molecule has 17 heavy (non-hydrogen) atoms. The van der Waals surface area contributed by atoms with Crippen molar-refractivity contribution in [1.29, 1.82) is 0 Å². The van der Waals surface area contributed by atoms with Crippen LogP contribution in [0.3, 0.4) is 0 Å². The number of carbonyl (C=O) groups is 2. The molecule has 1 atom stereocenters. The first kappa shape index (κ1) is 13.2. The first-order valence-corrected chi connectivity index (χ1v) is 5.48. The van der Waals surface area contributed by atoms with E-state index in [1.54, 1.807) is 43.1 Å². The van der Waals surface area contributed by atoms with E-state index in [0.29, 0.717) is 17.7 Å². The number of benzene rings is 1. The number of hydrogen-bond acceptors (Lipinski definition) is 3. The second-order valence-electron chi connectivity index (χ2n) is 4.17. The van der Waals surface area contributed by atoms with Gasteiger partial charge in [0.25, 0.3) is 0 Å². The van der Waals surface area contributed by atoms with Gasteiger partial charge in [-0.3, -0.25) is 4.79 Å². The maximum absolute atomic E-state index is 11.3. The highest BCUT2D eigenvalue weighted by Gasteiger charge is 2.36. The van der Waals surface area contributed by atoms with Crippen molar-refractivity contribution in [3.05, 3.63) is 29.8 Å². The molecule has 0 saturated carbocycles. The Bertz CT molecular complexity index is 430. The molecule has 0 fully saturated rings. The summed E-state index contributed by atoms with van der Waals surface area (Å²) in [6, 6.07) is 6.97. The Morgan fingerprint density at radius 3 is 2.53 bits per heavy atom. The van der Waals surface area contributed by atoms with Gasteiger partial charge in [0.15, 0.2) is 6.29 Å². The lowest BCUT2D eigenvalue weighted by molar-refractivity contribution is -0.142. The molecule has 0 heterocycles. The summed E-state index contributed by atoms with van der Waals surface area (Å²) in [5.74, 6) is -0.900. The number of likely N-dealkylation sites (N-methyl/N-ethyl adjacent to an activating group) is 1. The lowest BCUT2D eigenvalue weighted by atomic mass is 9.95. The molecule has 92 valence electrons. The molecule has 0 aliphatic heterocycles. The van der Waals surface area contributed by atoms with Gasteiger partial charge in [-0.05, 0) is 25.5 Å². The second-order valence-corrected chi connectivity index (χ2v) is 4.17. The number of anilines is 1. The van der Waals surface area contributed by atoms with Gasteiger partial charge in [-0.25, -0.2) is 4.79 Å². The van der Waals surface area contributed by atoms with Gasteiger partial charge >= 0.3 is 5.97 Å². The highest BCUT2D eigenvalue weighted by molar-refractivity contribution is 5.89. The third-order valence-corrected chi connectivity index (χ3v) is 3.31. The van der Waals surface area contributed by atoms with Crippen molar-refractivity contribution < 1.29 is 14.7 Å². The van der Waals surface area contributed by atoms with Crippen molar-refractivity contribution in [2.24, 2.45) is 0 Å². The van der Waals surface area contributed by atoms with Crippen LogP contribution in [0.2, 0.25) is 0 Å². The molecule has 1 aromatic rings. The van der Waals surface area contributed by atoms with Crippen LogP contribution in [0.25, 0.3) is 0 Å². The fraction of sp³-hybridized carbons (Fsp3) is 0.385. The number of carbonyl (C=O) groups excluding carboxylic acids is 1. The van der Waals surface area contributed by atoms with Gasteiger partial charge < -0.3 is 10.0 Å². The van der Waals surface area contributed by atoms with E-state index in [1.165, 1.54) is 0 Å². The molecule has 0 radical (unpaired) electrons. The van der Waals surface area contributed by atoms with Gasteiger partial charge in [0.1, 0.15) is 5.54 Å². The first-order valence-electron chi connectivity index (χ1n) is 5.48. The van der Waals surface area contributed by atoms with Gasteiger partial charge in [0.2, 0.25) is 0 Å². The zero-order valence-electron chi connectivity index (χ0n) is 10.3. The third-order valence-electron chi connectivity index (χ3n) is 3.31. The number of para-hydroxylation sites is 1. The largest absolute Gasteiger partial charge is 0.480 e. The van der Waals surface area contributed by atoms with Crippen molar-refractivity contribution in [3.8, 4) is 0 Å². The standard InChI is InChI=1S/C13H17NO3/c1-4-13(2,12(16)17)14(3)11-8-6-5-7-10(11)9-15/h5-9H,4H2,1-3H3,(H,16,17). The van der Waals surface area contributed by atoms with E-state index < -0.39 is 11.5 Å². The van der Waals surface area contributed by atoms with Crippen LogP contribution < -0.4 is 4.90 Å². The predicted octanol–water partition coefficient (Wildman–Crippen LogP) is 2.19. The Balaban J connectivity index is 3.23. The van der Waals surface area contributed by atoms with E-state index in [1.807, 2.05) is 6.92 Å². The number of carboxylic acid groups (broad SMARTS) is 1. The van der Waals surface area contributed by atoms with Gasteiger partial charge in [-0.2, -0.15) is 0 Å². The monoisotopic (exact) mass is 235 g/mol. The number of hydrogen-bond donors (Lipinski definition) is 1. The summed E-state index contributed by atoms with van der Waals surface area (Å²) >= 11 is 0. The minimum absolute atomic E-state index is 0.450. The molecule has 0 saturated heterocycles. The quantitative estimate of drug-likeness (QED) is 0.795. The summed E-state index contributed by atoms with van der Waals surface area (Å²) in [5, 5.41) is 9.30. The SMILES string of the molecule is CCC(C)(C(=O)O)N(C)c1ccccc1C=O. The molecule has 0 amide bonds. The van der Waals surface area contributed by atoms with Gasteiger partial charge in [-0.15, -0.1) is 0 Å². The molecule has 0 aliphatic rings. The van der Waals surface area contributed by atoms with Crippen LogP contribution in [0.1, 0.15) is 30.6 Å². The van der Waals surface area contributed by atoms with Crippen LogP contribution in [0, 0.1) is 0 Å². The number of carboxylic acids is 1. The second kappa shape index (κ2) is 4.99. The molecule has 0 aliphatic carbocycles. The van der Waals surface area contributed by atoms with Gasteiger partial charge in [-0.1, -0.05) is 19.1 Å². The maximum Gasteiger partial charge on any atom is 0.329 e. The minimum atomic E-state index is -1.01. The first-order chi connectivity index (χ1) is 7.97. The average Bonchev–Trinajstić information content (AvgIpc) is 2.36.